The summed E-state index contributed by atoms with van der Waals surface area (Å²) in [7, 11) is 0. The number of hydrogen-bond donors (Lipinski definition) is 2. The molecule has 236 valence electrons. The average molecular weight is 626 g/mol. The number of nitrogens with zero attached hydrogens (tertiary/aromatic N) is 1. The lowest BCUT2D eigenvalue weighted by atomic mass is 9.88. The molecule has 0 aliphatic heterocycles. The summed E-state index contributed by atoms with van der Waals surface area (Å²) in [6, 6.07) is 19.5. The Morgan fingerprint density at radius 2 is 1.26 bits per heavy atom. The highest BCUT2D eigenvalue weighted by molar-refractivity contribution is 6.24. The molecule has 0 aromatic heterocycles. The first-order chi connectivity index (χ1) is 22.1. The van der Waals surface area contributed by atoms with Gasteiger partial charge < -0.3 is 19.7 Å². The lowest BCUT2D eigenvalue weighted by molar-refractivity contribution is -0.384. The molecule has 0 aliphatic carbocycles. The number of ketones is 2. The molecule has 0 heterocycles. The Kier molecular flexibility index (Phi) is 11.0. The number of nitro benzene ring substituents is 1. The molecule has 4 aromatic rings. The molecule has 0 saturated carbocycles. The van der Waals surface area contributed by atoms with E-state index < -0.39 is 68.1 Å². The number of phenols is 2. The van der Waals surface area contributed by atoms with Crippen molar-refractivity contribution >= 4 is 29.2 Å². The summed E-state index contributed by atoms with van der Waals surface area (Å²) in [5.41, 5.74) is -3.14. The molecule has 0 saturated heterocycles. The van der Waals surface area contributed by atoms with Gasteiger partial charge in [0, 0.05) is 23.3 Å². The van der Waals surface area contributed by atoms with E-state index in [1.54, 1.807) is 12.1 Å². The molecular formula is C35H31NO10. The molecule has 0 amide bonds. The van der Waals surface area contributed by atoms with Crippen LogP contribution in [0.25, 0.3) is 0 Å². The van der Waals surface area contributed by atoms with Gasteiger partial charge in [-0.05, 0) is 18.6 Å². The normalized spacial score (nSPS) is 10.6. The first-order valence-corrected chi connectivity index (χ1v) is 14.6. The molecule has 0 aliphatic rings. The number of nitro groups is 1. The molecule has 0 fully saturated rings. The maximum absolute atomic E-state index is 14.2. The van der Waals surface area contributed by atoms with Crippen LogP contribution in [-0.4, -0.2) is 45.2 Å². The van der Waals surface area contributed by atoms with Crippen LogP contribution in [0.15, 0.2) is 84.9 Å². The monoisotopic (exact) mass is 625 g/mol. The fourth-order valence-corrected chi connectivity index (χ4v) is 4.75. The SMILES string of the molecule is CCCCCCCOC(=O)c1c(C(=O)c2ccccc2)c(O)c(O)c(OC(=O)c2ccccc2)c1C(=O)c1cccc([N+](=O)[O-])c1. The minimum absolute atomic E-state index is 0.00391. The number of ether oxygens (including phenoxy) is 2. The topological polar surface area (TPSA) is 170 Å². The summed E-state index contributed by atoms with van der Waals surface area (Å²) in [5, 5.41) is 33.9. The molecule has 4 rings (SSSR count). The van der Waals surface area contributed by atoms with Crippen molar-refractivity contribution in [3.63, 3.8) is 0 Å². The fourth-order valence-electron chi connectivity index (χ4n) is 4.75. The van der Waals surface area contributed by atoms with E-state index in [0.29, 0.717) is 6.42 Å². The van der Waals surface area contributed by atoms with Crippen molar-refractivity contribution in [3.8, 4) is 17.2 Å². The zero-order chi connectivity index (χ0) is 33.2. The van der Waals surface area contributed by atoms with Crippen molar-refractivity contribution in [2.45, 2.75) is 39.0 Å². The minimum Gasteiger partial charge on any atom is -0.504 e. The molecule has 46 heavy (non-hydrogen) atoms. The molecule has 0 unspecified atom stereocenters. The Hall–Kier alpha value is -5.84. The predicted octanol–water partition coefficient (Wildman–Crippen LogP) is 6.81. The van der Waals surface area contributed by atoms with E-state index in [1.807, 2.05) is 6.92 Å². The summed E-state index contributed by atoms with van der Waals surface area (Å²) < 4.78 is 10.9. The number of non-ortho nitro benzene ring substituents is 1. The number of carbonyl (C=O) groups is 4. The van der Waals surface area contributed by atoms with Gasteiger partial charge >= 0.3 is 11.9 Å². The second kappa shape index (κ2) is 15.2. The molecular weight excluding hydrogens is 594 g/mol. The van der Waals surface area contributed by atoms with Gasteiger partial charge in [-0.2, -0.15) is 0 Å². The average Bonchev–Trinajstić information content (AvgIpc) is 3.08. The van der Waals surface area contributed by atoms with Crippen molar-refractivity contribution in [1.82, 2.24) is 0 Å². The number of unbranched alkanes of at least 4 members (excludes halogenated alkanes) is 4. The zero-order valence-corrected chi connectivity index (χ0v) is 24.9. The zero-order valence-electron chi connectivity index (χ0n) is 24.9. The van der Waals surface area contributed by atoms with Gasteiger partial charge in [0.25, 0.3) is 5.69 Å². The van der Waals surface area contributed by atoms with E-state index in [-0.39, 0.29) is 23.3 Å². The number of esters is 2. The highest BCUT2D eigenvalue weighted by Gasteiger charge is 2.37. The van der Waals surface area contributed by atoms with E-state index in [9.17, 15) is 39.5 Å². The van der Waals surface area contributed by atoms with E-state index in [4.69, 9.17) is 9.47 Å². The highest BCUT2D eigenvalue weighted by Crippen LogP contribution is 2.46. The van der Waals surface area contributed by atoms with Crippen molar-refractivity contribution in [1.29, 1.82) is 0 Å². The number of hydrogen-bond acceptors (Lipinski definition) is 10. The van der Waals surface area contributed by atoms with Gasteiger partial charge in [-0.3, -0.25) is 19.7 Å². The second-order valence-corrected chi connectivity index (χ2v) is 10.3. The Morgan fingerprint density at radius 1 is 0.674 bits per heavy atom. The van der Waals surface area contributed by atoms with Crippen LogP contribution >= 0.6 is 0 Å². The van der Waals surface area contributed by atoms with Gasteiger partial charge in [-0.25, -0.2) is 9.59 Å². The van der Waals surface area contributed by atoms with Gasteiger partial charge in [-0.1, -0.05) is 93.3 Å². The van der Waals surface area contributed by atoms with Gasteiger partial charge in [-0.15, -0.1) is 0 Å². The third kappa shape index (κ3) is 7.44. The first-order valence-electron chi connectivity index (χ1n) is 14.6. The van der Waals surface area contributed by atoms with Crippen LogP contribution in [0.1, 0.15) is 91.6 Å². The summed E-state index contributed by atoms with van der Waals surface area (Å²) in [6.45, 7) is 1.94. The van der Waals surface area contributed by atoms with E-state index >= 15 is 0 Å². The maximum Gasteiger partial charge on any atom is 0.343 e. The van der Waals surface area contributed by atoms with Crippen molar-refractivity contribution in [2.75, 3.05) is 6.61 Å². The number of rotatable bonds is 14. The minimum atomic E-state index is -1.21. The van der Waals surface area contributed by atoms with E-state index in [1.165, 1.54) is 60.7 Å². The van der Waals surface area contributed by atoms with Crippen LogP contribution in [0, 0.1) is 10.1 Å². The van der Waals surface area contributed by atoms with Gasteiger partial charge in [0.15, 0.2) is 23.1 Å². The molecule has 0 atom stereocenters. The molecule has 11 heteroatoms. The molecule has 0 bridgehead atoms. The summed E-state index contributed by atoms with van der Waals surface area (Å²) >= 11 is 0. The quantitative estimate of drug-likeness (QED) is 0.0288. The van der Waals surface area contributed by atoms with E-state index in [0.717, 1.165) is 37.8 Å². The Labute approximate surface area is 264 Å². The molecule has 0 radical (unpaired) electrons. The number of phenolic OH excluding ortho intramolecular Hbond substituents is 2. The summed E-state index contributed by atoms with van der Waals surface area (Å²) in [4.78, 5) is 65.7. The highest BCUT2D eigenvalue weighted by atomic mass is 16.6. The van der Waals surface area contributed by atoms with Crippen molar-refractivity contribution in [3.05, 3.63) is 128 Å². The van der Waals surface area contributed by atoms with Crippen molar-refractivity contribution < 1.29 is 43.8 Å². The number of benzene rings is 4. The largest absolute Gasteiger partial charge is 0.504 e. The predicted molar refractivity (Wildman–Crippen MR) is 167 cm³/mol. The lowest BCUT2D eigenvalue weighted by Crippen LogP contribution is -2.22. The molecule has 0 spiro atoms. The summed E-state index contributed by atoms with van der Waals surface area (Å²) in [5.74, 6) is -7.58. The third-order valence-electron chi connectivity index (χ3n) is 7.10. The maximum atomic E-state index is 14.2. The smallest absolute Gasteiger partial charge is 0.343 e. The van der Waals surface area contributed by atoms with Crippen molar-refractivity contribution in [2.24, 2.45) is 0 Å². The number of aromatic hydroxyl groups is 2. The van der Waals surface area contributed by atoms with Crippen LogP contribution in [0.5, 0.6) is 17.2 Å². The Bertz CT molecular complexity index is 1770. The Morgan fingerprint density at radius 3 is 1.89 bits per heavy atom. The Balaban J connectivity index is 1.97. The van der Waals surface area contributed by atoms with Crippen LogP contribution < -0.4 is 4.74 Å². The fraction of sp³-hybridized carbons (Fsp3) is 0.200. The molecule has 2 N–H and O–H groups in total. The number of carbonyl (C=O) groups excluding carboxylic acids is 4. The van der Waals surface area contributed by atoms with Gasteiger partial charge in [0.2, 0.25) is 5.75 Å². The lowest BCUT2D eigenvalue weighted by Gasteiger charge is -2.20. The van der Waals surface area contributed by atoms with Crippen LogP contribution in [0.2, 0.25) is 0 Å². The standard InChI is InChI=1S/C35H31NO10/c1-2-3-4-5-12-20-45-35(42)26-27(29(37)22-14-8-6-9-15-22)31(39)32(40)33(46-34(41)23-16-10-7-11-17-23)28(26)30(38)24-18-13-19-25(21-24)36(43)44/h6-11,13-19,21,39-40H,2-5,12,20H2,1H3. The van der Waals surface area contributed by atoms with Crippen LogP contribution in [0.3, 0.4) is 0 Å². The summed E-state index contributed by atoms with van der Waals surface area (Å²) in [6.07, 6.45) is 4.06. The van der Waals surface area contributed by atoms with Crippen LogP contribution in [-0.2, 0) is 4.74 Å². The molecule has 11 nitrogen and oxygen atoms in total. The molecule has 4 aromatic carbocycles. The van der Waals surface area contributed by atoms with Gasteiger partial charge in [0.1, 0.15) is 0 Å². The third-order valence-corrected chi connectivity index (χ3v) is 7.10. The van der Waals surface area contributed by atoms with Crippen LogP contribution in [0.4, 0.5) is 5.69 Å². The van der Waals surface area contributed by atoms with Gasteiger partial charge in [0.05, 0.1) is 33.8 Å². The second-order valence-electron chi connectivity index (χ2n) is 10.3. The first kappa shape index (κ1) is 33.1. The van der Waals surface area contributed by atoms with E-state index in [2.05, 4.69) is 0 Å².